The molecule has 7 rings (SSSR count). The van der Waals surface area contributed by atoms with E-state index in [1.54, 1.807) is 24.9 Å². The zero-order chi connectivity index (χ0) is 17.9. The van der Waals surface area contributed by atoms with Gasteiger partial charge in [0.05, 0.1) is 16.2 Å². The first-order valence-electron chi connectivity index (χ1n) is 9.09. The van der Waals surface area contributed by atoms with Gasteiger partial charge < -0.3 is 19.5 Å². The highest BCUT2D eigenvalue weighted by molar-refractivity contribution is 8.02. The second kappa shape index (κ2) is 4.41. The number of aromatic hydroxyl groups is 1. The van der Waals surface area contributed by atoms with Crippen molar-refractivity contribution in [3.8, 4) is 17.6 Å². The fraction of sp³-hybridized carbons (Fsp3) is 0.550. The minimum Gasteiger partial charge on any atom is -0.504 e. The van der Waals surface area contributed by atoms with Gasteiger partial charge in [0.25, 0.3) is 0 Å². The Morgan fingerprint density at radius 1 is 1.42 bits per heavy atom. The molecule has 1 N–H and O–H groups in total. The fourth-order valence-corrected chi connectivity index (χ4v) is 8.48. The van der Waals surface area contributed by atoms with Crippen LogP contribution in [0.25, 0.3) is 0 Å². The SMILES string of the molecule is CO[C@]12C=C[C@@]3(SC1C#N)[C@H]1Cc4ccc(O)c5c4[C@@]3(CCN1C)[C@H]2O5. The summed E-state index contributed by atoms with van der Waals surface area (Å²) >= 11 is 1.75. The zero-order valence-corrected chi connectivity index (χ0v) is 15.5. The van der Waals surface area contributed by atoms with E-state index in [0.29, 0.717) is 11.8 Å². The van der Waals surface area contributed by atoms with Crippen molar-refractivity contribution in [2.45, 2.75) is 46.0 Å². The first-order chi connectivity index (χ1) is 12.5. The van der Waals surface area contributed by atoms with E-state index in [0.717, 1.165) is 19.4 Å². The van der Waals surface area contributed by atoms with Crippen LogP contribution in [0.1, 0.15) is 17.5 Å². The van der Waals surface area contributed by atoms with Crippen LogP contribution < -0.4 is 4.74 Å². The van der Waals surface area contributed by atoms with Crippen LogP contribution in [0.2, 0.25) is 0 Å². The number of hydrogen-bond acceptors (Lipinski definition) is 6. The van der Waals surface area contributed by atoms with Gasteiger partial charge in [-0.2, -0.15) is 5.26 Å². The van der Waals surface area contributed by atoms with Gasteiger partial charge in [-0.05, 0) is 44.1 Å². The fourth-order valence-electron chi connectivity index (χ4n) is 6.46. The average molecular weight is 368 g/mol. The highest BCUT2D eigenvalue weighted by atomic mass is 32.2. The average Bonchev–Trinajstić information content (AvgIpc) is 3.03. The molecule has 2 saturated heterocycles. The molecule has 0 aromatic heterocycles. The van der Waals surface area contributed by atoms with E-state index in [1.165, 1.54) is 11.1 Å². The van der Waals surface area contributed by atoms with Gasteiger partial charge in [-0.25, -0.2) is 0 Å². The molecule has 0 radical (unpaired) electrons. The molecule has 26 heavy (non-hydrogen) atoms. The number of thioether (sulfide) groups is 1. The molecule has 1 aromatic rings. The lowest BCUT2D eigenvalue weighted by Crippen LogP contribution is -2.81. The van der Waals surface area contributed by atoms with Crippen LogP contribution in [0.5, 0.6) is 11.5 Å². The highest BCUT2D eigenvalue weighted by Gasteiger charge is 2.80. The molecular weight excluding hydrogens is 348 g/mol. The van der Waals surface area contributed by atoms with Gasteiger partial charge in [-0.15, -0.1) is 11.8 Å². The third-order valence-corrected chi connectivity index (χ3v) is 9.42. The van der Waals surface area contributed by atoms with E-state index in [1.807, 2.05) is 0 Å². The van der Waals surface area contributed by atoms with Crippen molar-refractivity contribution in [2.24, 2.45) is 0 Å². The van der Waals surface area contributed by atoms with Gasteiger partial charge in [0.15, 0.2) is 11.5 Å². The number of hydrogen-bond donors (Lipinski definition) is 1. The third-order valence-electron chi connectivity index (χ3n) is 7.54. The molecule has 0 saturated carbocycles. The number of benzene rings is 1. The molecule has 4 heterocycles. The first-order valence-corrected chi connectivity index (χ1v) is 9.97. The number of rotatable bonds is 1. The van der Waals surface area contributed by atoms with Crippen LogP contribution in [0.4, 0.5) is 0 Å². The minimum atomic E-state index is -0.790. The molecule has 134 valence electrons. The number of fused-ring (bicyclic) bond motifs is 1. The van der Waals surface area contributed by atoms with Crippen molar-refractivity contribution in [3.05, 3.63) is 35.4 Å². The number of likely N-dealkylation sites (N-methyl/N-ethyl adjacent to an activating group) is 1. The number of phenolic OH excluding ortho intramolecular Hbond substituents is 1. The summed E-state index contributed by atoms with van der Waals surface area (Å²) in [6.45, 7) is 0.978. The molecule has 2 spiro atoms. The van der Waals surface area contributed by atoms with E-state index >= 15 is 0 Å². The van der Waals surface area contributed by atoms with Gasteiger partial charge in [-0.1, -0.05) is 12.1 Å². The topological polar surface area (TPSA) is 65.7 Å². The van der Waals surface area contributed by atoms with E-state index in [2.05, 4.69) is 36.2 Å². The maximum atomic E-state index is 10.6. The predicted octanol–water partition coefficient (Wildman–Crippen LogP) is 1.98. The number of nitriles is 1. The van der Waals surface area contributed by atoms with Crippen molar-refractivity contribution < 1.29 is 14.6 Å². The largest absolute Gasteiger partial charge is 0.504 e. The number of piperidine rings is 1. The summed E-state index contributed by atoms with van der Waals surface area (Å²) in [6, 6.07) is 6.59. The van der Waals surface area contributed by atoms with E-state index < -0.39 is 5.60 Å². The lowest BCUT2D eigenvalue weighted by Gasteiger charge is -2.69. The number of phenols is 1. The first kappa shape index (κ1) is 15.4. The van der Waals surface area contributed by atoms with Crippen LogP contribution >= 0.6 is 11.8 Å². The summed E-state index contributed by atoms with van der Waals surface area (Å²) in [6.07, 6.45) is 5.95. The van der Waals surface area contributed by atoms with E-state index in [9.17, 15) is 10.4 Å². The smallest absolute Gasteiger partial charge is 0.165 e. The van der Waals surface area contributed by atoms with Crippen LogP contribution in [0.3, 0.4) is 0 Å². The Labute approximate surface area is 156 Å². The number of methoxy groups -OCH3 is 1. The quantitative estimate of drug-likeness (QED) is 0.765. The molecule has 5 nitrogen and oxygen atoms in total. The van der Waals surface area contributed by atoms with Crippen LogP contribution in [0.15, 0.2) is 24.3 Å². The molecule has 4 bridgehead atoms. The molecular formula is C20H20N2O3S. The Balaban J connectivity index is 1.75. The van der Waals surface area contributed by atoms with Gasteiger partial charge in [0.2, 0.25) is 0 Å². The minimum absolute atomic E-state index is 0.198. The molecule has 6 heteroatoms. The van der Waals surface area contributed by atoms with Gasteiger partial charge >= 0.3 is 0 Å². The third kappa shape index (κ3) is 1.27. The maximum absolute atomic E-state index is 10.6. The number of likely N-dealkylation sites (tertiary alicyclic amines) is 1. The van der Waals surface area contributed by atoms with E-state index in [-0.39, 0.29) is 27.3 Å². The number of nitrogens with zero attached hydrogens (tertiary/aromatic N) is 2. The summed E-state index contributed by atoms with van der Waals surface area (Å²) in [7, 11) is 3.86. The summed E-state index contributed by atoms with van der Waals surface area (Å²) in [5.74, 6) is 0.813. The zero-order valence-electron chi connectivity index (χ0n) is 14.7. The molecule has 0 amide bonds. The molecule has 2 fully saturated rings. The second-order valence-electron chi connectivity index (χ2n) is 8.18. The van der Waals surface area contributed by atoms with Gasteiger partial charge in [0.1, 0.15) is 17.0 Å². The van der Waals surface area contributed by atoms with Gasteiger partial charge in [0, 0.05) is 18.7 Å². The Morgan fingerprint density at radius 2 is 2.27 bits per heavy atom. The summed E-state index contributed by atoms with van der Waals surface area (Å²) in [4.78, 5) is 2.44. The Kier molecular flexibility index (Phi) is 2.61. The lowest BCUT2D eigenvalue weighted by molar-refractivity contribution is -0.112. The standard InChI is InChI=1S/C20H20N2O3S/c1-22-8-7-18-15-11-3-4-12(23)16(15)25-17(18)19(24-2)5-6-20(18,13(22)9-11)26-14(19)10-21/h3-6,13-14,17,23H,7-9H2,1-2H3/t13-,14?,17-,18+,19-,20-/m1/s1. The normalized spacial score (nSPS) is 46.6. The Bertz CT molecular complexity index is 926. The van der Waals surface area contributed by atoms with Crippen LogP contribution in [-0.4, -0.2) is 58.5 Å². The predicted molar refractivity (Wildman–Crippen MR) is 97.5 cm³/mol. The molecule has 1 aromatic carbocycles. The Hall–Kier alpha value is -1.68. The van der Waals surface area contributed by atoms with Crippen molar-refractivity contribution in [3.63, 3.8) is 0 Å². The summed E-state index contributed by atoms with van der Waals surface area (Å²) in [5, 5.41) is 20.2. The lowest BCUT2D eigenvalue weighted by atomic mass is 9.50. The highest BCUT2D eigenvalue weighted by Crippen LogP contribution is 2.73. The number of ether oxygens (including phenoxy) is 2. The monoisotopic (exact) mass is 368 g/mol. The van der Waals surface area contributed by atoms with Crippen molar-refractivity contribution in [1.82, 2.24) is 4.90 Å². The maximum Gasteiger partial charge on any atom is 0.165 e. The second-order valence-corrected chi connectivity index (χ2v) is 9.56. The van der Waals surface area contributed by atoms with Crippen LogP contribution in [-0.2, 0) is 16.6 Å². The van der Waals surface area contributed by atoms with Gasteiger partial charge in [-0.3, -0.25) is 0 Å². The van der Waals surface area contributed by atoms with E-state index in [4.69, 9.17) is 9.47 Å². The van der Waals surface area contributed by atoms with Crippen LogP contribution in [0, 0.1) is 11.3 Å². The van der Waals surface area contributed by atoms with Crippen molar-refractivity contribution >= 4 is 11.8 Å². The molecule has 2 aliphatic carbocycles. The summed E-state index contributed by atoms with van der Waals surface area (Å²) < 4.78 is 12.3. The summed E-state index contributed by atoms with van der Waals surface area (Å²) in [5.41, 5.74) is 1.39. The molecule has 4 aliphatic heterocycles. The molecule has 6 atom stereocenters. The van der Waals surface area contributed by atoms with Crippen molar-refractivity contribution in [1.29, 1.82) is 5.26 Å². The molecule has 1 unspecified atom stereocenters. The molecule has 6 aliphatic rings. The Morgan fingerprint density at radius 3 is 3.04 bits per heavy atom. The van der Waals surface area contributed by atoms with Crippen molar-refractivity contribution in [2.75, 3.05) is 20.7 Å².